The molecule has 0 spiro atoms. The third-order valence-electron chi connectivity index (χ3n) is 2.73. The summed E-state index contributed by atoms with van der Waals surface area (Å²) >= 11 is 3.42. The van der Waals surface area contributed by atoms with Gasteiger partial charge in [0.25, 0.3) is 0 Å². The topological polar surface area (TPSA) is 41.1 Å². The standard InChI is InChI=1S/C14H21BrN2O.ClH/c1-10(2)7-13(16-3)14(18)17-9-11-5-4-6-12(15)8-11;/h4-6,8,10,13,16H,7,9H2,1-3H3,(H,17,18);1H. The van der Waals surface area contributed by atoms with Crippen molar-refractivity contribution < 1.29 is 4.79 Å². The average Bonchev–Trinajstić information content (AvgIpc) is 2.33. The van der Waals surface area contributed by atoms with Crippen molar-refractivity contribution in [1.29, 1.82) is 0 Å². The van der Waals surface area contributed by atoms with E-state index in [0.29, 0.717) is 12.5 Å². The predicted octanol–water partition coefficient (Wildman–Crippen LogP) is 3.12. The molecular formula is C14H22BrClN2O. The number of benzene rings is 1. The molecule has 19 heavy (non-hydrogen) atoms. The van der Waals surface area contributed by atoms with Gasteiger partial charge in [-0.25, -0.2) is 0 Å². The van der Waals surface area contributed by atoms with Crippen molar-refractivity contribution in [3.05, 3.63) is 34.3 Å². The van der Waals surface area contributed by atoms with E-state index in [1.54, 1.807) is 0 Å². The summed E-state index contributed by atoms with van der Waals surface area (Å²) in [4.78, 5) is 12.0. The van der Waals surface area contributed by atoms with E-state index in [4.69, 9.17) is 0 Å². The Labute approximate surface area is 130 Å². The molecule has 1 amide bonds. The van der Waals surface area contributed by atoms with Crippen LogP contribution in [0.4, 0.5) is 0 Å². The molecule has 0 saturated heterocycles. The van der Waals surface area contributed by atoms with Crippen LogP contribution in [-0.2, 0) is 11.3 Å². The minimum atomic E-state index is -0.114. The van der Waals surface area contributed by atoms with Gasteiger partial charge in [-0.05, 0) is 37.1 Å². The molecule has 0 aliphatic carbocycles. The molecule has 0 aromatic heterocycles. The van der Waals surface area contributed by atoms with Crippen molar-refractivity contribution in [2.24, 2.45) is 5.92 Å². The van der Waals surface area contributed by atoms with Crippen LogP contribution in [0, 0.1) is 5.92 Å². The average molecular weight is 350 g/mol. The normalized spacial score (nSPS) is 11.8. The van der Waals surface area contributed by atoms with E-state index in [1.165, 1.54) is 0 Å². The van der Waals surface area contributed by atoms with Crippen LogP contribution in [0.1, 0.15) is 25.8 Å². The van der Waals surface area contributed by atoms with Crippen LogP contribution in [0.15, 0.2) is 28.7 Å². The van der Waals surface area contributed by atoms with Crippen molar-refractivity contribution in [3.63, 3.8) is 0 Å². The lowest BCUT2D eigenvalue weighted by atomic mass is 10.0. The number of carbonyl (C=O) groups is 1. The highest BCUT2D eigenvalue weighted by molar-refractivity contribution is 9.10. The van der Waals surface area contributed by atoms with Crippen molar-refractivity contribution in [2.45, 2.75) is 32.9 Å². The first kappa shape index (κ1) is 18.4. The molecule has 108 valence electrons. The van der Waals surface area contributed by atoms with Crippen LogP contribution in [-0.4, -0.2) is 19.0 Å². The summed E-state index contributed by atoms with van der Waals surface area (Å²) in [6.45, 7) is 4.80. The fraction of sp³-hybridized carbons (Fsp3) is 0.500. The van der Waals surface area contributed by atoms with Gasteiger partial charge < -0.3 is 10.6 Å². The summed E-state index contributed by atoms with van der Waals surface area (Å²) in [7, 11) is 1.83. The number of likely N-dealkylation sites (N-methyl/N-ethyl adjacent to an activating group) is 1. The SMILES string of the molecule is CNC(CC(C)C)C(=O)NCc1cccc(Br)c1.Cl. The molecule has 1 aromatic carbocycles. The maximum Gasteiger partial charge on any atom is 0.237 e. The highest BCUT2D eigenvalue weighted by atomic mass is 79.9. The lowest BCUT2D eigenvalue weighted by Gasteiger charge is -2.18. The maximum atomic E-state index is 12.0. The molecule has 1 aromatic rings. The summed E-state index contributed by atoms with van der Waals surface area (Å²) in [5.74, 6) is 0.560. The van der Waals surface area contributed by atoms with Gasteiger partial charge in [-0.2, -0.15) is 0 Å². The van der Waals surface area contributed by atoms with Gasteiger partial charge in [0.05, 0.1) is 6.04 Å². The van der Waals surface area contributed by atoms with Gasteiger partial charge in [-0.15, -0.1) is 12.4 Å². The molecule has 0 fully saturated rings. The zero-order valence-corrected chi connectivity index (χ0v) is 14.0. The summed E-state index contributed by atoms with van der Waals surface area (Å²) in [6.07, 6.45) is 0.848. The van der Waals surface area contributed by atoms with Gasteiger partial charge in [0, 0.05) is 11.0 Å². The second kappa shape index (κ2) is 9.34. The molecule has 0 bridgehead atoms. The summed E-state index contributed by atoms with van der Waals surface area (Å²) in [5, 5.41) is 6.02. The fourth-order valence-electron chi connectivity index (χ4n) is 1.79. The Morgan fingerprint density at radius 3 is 2.58 bits per heavy atom. The molecule has 2 N–H and O–H groups in total. The van der Waals surface area contributed by atoms with Gasteiger partial charge in [-0.3, -0.25) is 4.79 Å². The quantitative estimate of drug-likeness (QED) is 0.828. The third kappa shape index (κ3) is 6.95. The Morgan fingerprint density at radius 1 is 1.37 bits per heavy atom. The van der Waals surface area contributed by atoms with Crippen LogP contribution in [0.25, 0.3) is 0 Å². The molecular weight excluding hydrogens is 328 g/mol. The minimum absolute atomic E-state index is 0. The van der Waals surface area contributed by atoms with Gasteiger partial charge in [0.1, 0.15) is 0 Å². The first-order valence-electron chi connectivity index (χ1n) is 6.22. The van der Waals surface area contributed by atoms with Gasteiger partial charge in [0.2, 0.25) is 5.91 Å². The van der Waals surface area contributed by atoms with E-state index < -0.39 is 0 Å². The van der Waals surface area contributed by atoms with E-state index >= 15 is 0 Å². The van der Waals surface area contributed by atoms with Crippen molar-refractivity contribution in [2.75, 3.05) is 7.05 Å². The maximum absolute atomic E-state index is 12.0. The number of rotatable bonds is 6. The molecule has 3 nitrogen and oxygen atoms in total. The first-order chi connectivity index (χ1) is 8.52. The van der Waals surface area contributed by atoms with Crippen molar-refractivity contribution in [3.8, 4) is 0 Å². The number of nitrogens with one attached hydrogen (secondary N) is 2. The third-order valence-corrected chi connectivity index (χ3v) is 3.22. The molecule has 5 heteroatoms. The monoisotopic (exact) mass is 348 g/mol. The first-order valence-corrected chi connectivity index (χ1v) is 7.01. The molecule has 0 heterocycles. The van der Waals surface area contributed by atoms with E-state index in [1.807, 2.05) is 31.3 Å². The second-order valence-corrected chi connectivity index (χ2v) is 5.73. The summed E-state index contributed by atoms with van der Waals surface area (Å²) in [5.41, 5.74) is 1.09. The zero-order chi connectivity index (χ0) is 13.5. The van der Waals surface area contributed by atoms with E-state index in [0.717, 1.165) is 16.5 Å². The molecule has 1 unspecified atom stereocenters. The van der Waals surface area contributed by atoms with E-state index in [-0.39, 0.29) is 24.4 Å². The minimum Gasteiger partial charge on any atom is -0.351 e. The van der Waals surface area contributed by atoms with Crippen LogP contribution in [0.3, 0.4) is 0 Å². The molecule has 0 aliphatic heterocycles. The smallest absolute Gasteiger partial charge is 0.237 e. The Balaban J connectivity index is 0.00000324. The molecule has 1 rings (SSSR count). The van der Waals surface area contributed by atoms with Crippen LogP contribution >= 0.6 is 28.3 Å². The number of hydrogen-bond acceptors (Lipinski definition) is 2. The zero-order valence-electron chi connectivity index (χ0n) is 11.6. The molecule has 0 aliphatic rings. The number of halogens is 2. The Bertz CT molecular complexity index is 399. The largest absolute Gasteiger partial charge is 0.351 e. The Hall–Kier alpha value is -0.580. The lowest BCUT2D eigenvalue weighted by Crippen LogP contribution is -2.43. The van der Waals surface area contributed by atoms with Crippen molar-refractivity contribution in [1.82, 2.24) is 10.6 Å². The van der Waals surface area contributed by atoms with Gasteiger partial charge in [0.15, 0.2) is 0 Å². The Kier molecular flexibility index (Phi) is 9.06. The van der Waals surface area contributed by atoms with Gasteiger partial charge >= 0.3 is 0 Å². The van der Waals surface area contributed by atoms with E-state index in [2.05, 4.69) is 40.4 Å². The number of hydrogen-bond donors (Lipinski definition) is 2. The second-order valence-electron chi connectivity index (χ2n) is 4.82. The Morgan fingerprint density at radius 2 is 2.05 bits per heavy atom. The highest BCUT2D eigenvalue weighted by Crippen LogP contribution is 2.11. The van der Waals surface area contributed by atoms with E-state index in [9.17, 15) is 4.79 Å². The van der Waals surface area contributed by atoms with Crippen molar-refractivity contribution >= 4 is 34.2 Å². The highest BCUT2D eigenvalue weighted by Gasteiger charge is 2.16. The van der Waals surface area contributed by atoms with Crippen LogP contribution in [0.2, 0.25) is 0 Å². The van der Waals surface area contributed by atoms with Crippen LogP contribution < -0.4 is 10.6 Å². The number of carbonyl (C=O) groups excluding carboxylic acids is 1. The molecule has 0 radical (unpaired) electrons. The molecule has 1 atom stereocenters. The predicted molar refractivity (Wildman–Crippen MR) is 85.5 cm³/mol. The number of amides is 1. The molecule has 0 saturated carbocycles. The van der Waals surface area contributed by atoms with Gasteiger partial charge in [-0.1, -0.05) is 41.9 Å². The van der Waals surface area contributed by atoms with Crippen LogP contribution in [0.5, 0.6) is 0 Å². The fourth-order valence-corrected chi connectivity index (χ4v) is 2.23. The lowest BCUT2D eigenvalue weighted by molar-refractivity contribution is -0.123. The summed E-state index contributed by atoms with van der Waals surface area (Å²) < 4.78 is 1.03. The summed E-state index contributed by atoms with van der Waals surface area (Å²) in [6, 6.07) is 7.84.